The second kappa shape index (κ2) is 14.6. The van der Waals surface area contributed by atoms with Gasteiger partial charge in [-0.3, -0.25) is 13.9 Å². The standard InChI is InChI=1S/C31H38BrN3O6S/c1-7-22(3)33-31(37)23(4)34(19-24-9-8-10-25(32)17-24)30(36)20-35(28-18-26(40-5)13-16-29(28)41-6)42(38,39)27-14-11-21(2)12-15-27/h8-18,22-23H,7,19-20H2,1-6H3,(H,33,37)/t22-,23+/m1/s1. The van der Waals surface area contributed by atoms with Crippen molar-refractivity contribution in [2.45, 2.75) is 57.6 Å². The molecule has 2 atom stereocenters. The fourth-order valence-electron chi connectivity index (χ4n) is 4.22. The molecule has 11 heteroatoms. The van der Waals surface area contributed by atoms with Gasteiger partial charge >= 0.3 is 0 Å². The Balaban J connectivity index is 2.12. The van der Waals surface area contributed by atoms with Crippen molar-refractivity contribution in [2.24, 2.45) is 0 Å². The van der Waals surface area contributed by atoms with Crippen LogP contribution in [0.3, 0.4) is 0 Å². The van der Waals surface area contributed by atoms with Gasteiger partial charge in [0, 0.05) is 23.1 Å². The summed E-state index contributed by atoms with van der Waals surface area (Å²) in [6, 6.07) is 17.5. The zero-order valence-electron chi connectivity index (χ0n) is 24.8. The Bertz CT molecular complexity index is 1500. The van der Waals surface area contributed by atoms with Crippen molar-refractivity contribution < 1.29 is 27.5 Å². The van der Waals surface area contributed by atoms with Crippen molar-refractivity contribution >= 4 is 43.5 Å². The van der Waals surface area contributed by atoms with Gasteiger partial charge < -0.3 is 19.7 Å². The fourth-order valence-corrected chi connectivity index (χ4v) is 6.09. The van der Waals surface area contributed by atoms with Crippen molar-refractivity contribution in [3.63, 3.8) is 0 Å². The molecule has 9 nitrogen and oxygen atoms in total. The quantitative estimate of drug-likeness (QED) is 0.267. The number of carbonyl (C=O) groups excluding carboxylic acids is 2. The van der Waals surface area contributed by atoms with Crippen molar-refractivity contribution in [3.05, 3.63) is 82.3 Å². The third-order valence-corrected chi connectivity index (χ3v) is 9.22. The number of carbonyl (C=O) groups is 2. The first-order chi connectivity index (χ1) is 19.9. The molecule has 0 aromatic heterocycles. The molecule has 0 aliphatic rings. The Morgan fingerprint density at radius 2 is 1.67 bits per heavy atom. The lowest BCUT2D eigenvalue weighted by Crippen LogP contribution is -2.52. The number of ether oxygens (including phenoxy) is 2. The first kappa shape index (κ1) is 32.9. The van der Waals surface area contributed by atoms with Gasteiger partial charge in [0.2, 0.25) is 11.8 Å². The van der Waals surface area contributed by atoms with Crippen LogP contribution in [0.15, 0.2) is 76.1 Å². The van der Waals surface area contributed by atoms with Gasteiger partial charge in [0.25, 0.3) is 10.0 Å². The maximum Gasteiger partial charge on any atom is 0.264 e. The number of hydrogen-bond donors (Lipinski definition) is 1. The molecule has 2 amide bonds. The zero-order chi connectivity index (χ0) is 31.0. The van der Waals surface area contributed by atoms with Crippen LogP contribution in [-0.4, -0.2) is 58.0 Å². The van der Waals surface area contributed by atoms with E-state index < -0.39 is 28.5 Å². The Morgan fingerprint density at radius 1 is 0.976 bits per heavy atom. The van der Waals surface area contributed by atoms with E-state index in [1.54, 1.807) is 31.2 Å². The van der Waals surface area contributed by atoms with E-state index in [0.29, 0.717) is 5.75 Å². The smallest absolute Gasteiger partial charge is 0.264 e. The molecule has 0 aliphatic carbocycles. The maximum absolute atomic E-state index is 14.2. The monoisotopic (exact) mass is 659 g/mol. The number of aryl methyl sites for hydroxylation is 1. The molecular formula is C31H38BrN3O6S. The Hall–Kier alpha value is -3.57. The number of hydrogen-bond acceptors (Lipinski definition) is 6. The van der Waals surface area contributed by atoms with E-state index in [4.69, 9.17) is 9.47 Å². The molecule has 3 rings (SSSR count). The second-order valence-corrected chi connectivity index (χ2v) is 12.8. The number of nitrogens with one attached hydrogen (secondary N) is 1. The lowest BCUT2D eigenvalue weighted by atomic mass is 10.1. The van der Waals surface area contributed by atoms with Gasteiger partial charge in [0.15, 0.2) is 0 Å². The fraction of sp³-hybridized carbons (Fsp3) is 0.355. The highest BCUT2D eigenvalue weighted by molar-refractivity contribution is 9.10. The summed E-state index contributed by atoms with van der Waals surface area (Å²) < 4.78 is 41.0. The predicted molar refractivity (Wildman–Crippen MR) is 167 cm³/mol. The van der Waals surface area contributed by atoms with Crippen LogP contribution < -0.4 is 19.1 Å². The van der Waals surface area contributed by atoms with Crippen molar-refractivity contribution in [3.8, 4) is 11.5 Å². The van der Waals surface area contributed by atoms with E-state index >= 15 is 0 Å². The molecule has 0 bridgehead atoms. The van der Waals surface area contributed by atoms with Gasteiger partial charge in [-0.2, -0.15) is 0 Å². The normalized spacial score (nSPS) is 12.6. The molecule has 0 spiro atoms. The highest BCUT2D eigenvalue weighted by Crippen LogP contribution is 2.36. The highest BCUT2D eigenvalue weighted by atomic mass is 79.9. The third kappa shape index (κ3) is 8.04. The minimum Gasteiger partial charge on any atom is -0.497 e. The summed E-state index contributed by atoms with van der Waals surface area (Å²) in [5.74, 6) is -0.281. The average Bonchev–Trinajstić information content (AvgIpc) is 2.97. The molecule has 0 fully saturated rings. The van der Waals surface area contributed by atoms with E-state index in [-0.39, 0.29) is 34.8 Å². The molecule has 0 aliphatic heterocycles. The van der Waals surface area contributed by atoms with Crippen molar-refractivity contribution in [2.75, 3.05) is 25.1 Å². The topological polar surface area (TPSA) is 105 Å². The molecule has 0 saturated carbocycles. The number of sulfonamides is 1. The Labute approximate surface area is 257 Å². The minimum absolute atomic E-state index is 0.00637. The second-order valence-electron chi connectivity index (χ2n) is 10.0. The molecule has 0 saturated heterocycles. The summed E-state index contributed by atoms with van der Waals surface area (Å²) in [4.78, 5) is 28.8. The summed E-state index contributed by atoms with van der Waals surface area (Å²) in [5, 5.41) is 2.93. The highest BCUT2D eigenvalue weighted by Gasteiger charge is 2.34. The molecule has 3 aromatic rings. The summed E-state index contributed by atoms with van der Waals surface area (Å²) in [5.41, 5.74) is 1.79. The number of amides is 2. The van der Waals surface area contributed by atoms with Crippen LogP contribution >= 0.6 is 15.9 Å². The molecule has 42 heavy (non-hydrogen) atoms. The number of benzene rings is 3. The van der Waals surface area contributed by atoms with Gasteiger partial charge in [-0.15, -0.1) is 0 Å². The van der Waals surface area contributed by atoms with Gasteiger partial charge in [0.05, 0.1) is 24.8 Å². The average molecular weight is 661 g/mol. The third-order valence-electron chi connectivity index (χ3n) is 6.95. The lowest BCUT2D eigenvalue weighted by molar-refractivity contribution is -0.139. The van der Waals surface area contributed by atoms with Gasteiger partial charge in [-0.1, -0.05) is 52.7 Å². The van der Waals surface area contributed by atoms with Crippen molar-refractivity contribution in [1.82, 2.24) is 10.2 Å². The lowest BCUT2D eigenvalue weighted by Gasteiger charge is -2.33. The van der Waals surface area contributed by atoms with E-state index in [2.05, 4.69) is 21.2 Å². The SMILES string of the molecule is CC[C@@H](C)NC(=O)[C@H](C)N(Cc1cccc(Br)c1)C(=O)CN(c1cc(OC)ccc1OC)S(=O)(=O)c1ccc(C)cc1. The van der Waals surface area contributed by atoms with Crippen LogP contribution in [0.1, 0.15) is 38.3 Å². The number of halogens is 1. The molecule has 226 valence electrons. The van der Waals surface area contributed by atoms with Gasteiger partial charge in [-0.05, 0) is 69.2 Å². The largest absolute Gasteiger partial charge is 0.497 e. The Kier molecular flexibility index (Phi) is 11.4. The van der Waals surface area contributed by atoms with E-state index in [1.165, 1.54) is 37.3 Å². The van der Waals surface area contributed by atoms with Gasteiger partial charge in [0.1, 0.15) is 24.1 Å². The molecule has 3 aromatic carbocycles. The number of rotatable bonds is 13. The molecule has 0 radical (unpaired) electrons. The van der Waals surface area contributed by atoms with Crippen LogP contribution in [0, 0.1) is 6.92 Å². The number of methoxy groups -OCH3 is 2. The van der Waals surface area contributed by atoms with Crippen LogP contribution in [0.5, 0.6) is 11.5 Å². The summed E-state index contributed by atoms with van der Waals surface area (Å²) >= 11 is 3.46. The first-order valence-electron chi connectivity index (χ1n) is 13.6. The number of nitrogens with zero attached hydrogens (tertiary/aromatic N) is 2. The number of anilines is 1. The van der Waals surface area contributed by atoms with Crippen molar-refractivity contribution in [1.29, 1.82) is 0 Å². The van der Waals surface area contributed by atoms with E-state index in [9.17, 15) is 18.0 Å². The van der Waals surface area contributed by atoms with E-state index in [0.717, 1.165) is 26.3 Å². The van der Waals surface area contributed by atoms with Crippen LogP contribution in [0.4, 0.5) is 5.69 Å². The van der Waals surface area contributed by atoms with Gasteiger partial charge in [-0.25, -0.2) is 8.42 Å². The molecule has 0 unspecified atom stereocenters. The molecule has 0 heterocycles. The zero-order valence-corrected chi connectivity index (χ0v) is 27.2. The predicted octanol–water partition coefficient (Wildman–Crippen LogP) is 5.30. The Morgan fingerprint density at radius 3 is 2.26 bits per heavy atom. The summed E-state index contributed by atoms with van der Waals surface area (Å²) in [6.07, 6.45) is 0.718. The minimum atomic E-state index is -4.26. The maximum atomic E-state index is 14.2. The van der Waals surface area contributed by atoms with Crippen LogP contribution in [0.25, 0.3) is 0 Å². The molecular weight excluding hydrogens is 622 g/mol. The first-order valence-corrected chi connectivity index (χ1v) is 15.8. The van der Waals surface area contributed by atoms with E-state index in [1.807, 2.05) is 45.0 Å². The van der Waals surface area contributed by atoms with Crippen LogP contribution in [0.2, 0.25) is 0 Å². The summed E-state index contributed by atoms with van der Waals surface area (Å²) in [6.45, 7) is 6.83. The molecule has 1 N–H and O–H groups in total. The summed E-state index contributed by atoms with van der Waals surface area (Å²) in [7, 11) is -1.38. The van der Waals surface area contributed by atoms with Crippen LogP contribution in [-0.2, 0) is 26.2 Å².